The van der Waals surface area contributed by atoms with Gasteiger partial charge in [0.05, 0.1) is 0 Å². The molecule has 0 saturated carbocycles. The first-order valence-electron chi connectivity index (χ1n) is 6.53. The van der Waals surface area contributed by atoms with Crippen molar-refractivity contribution in [2.45, 2.75) is 33.2 Å². The molecule has 1 aromatic carbocycles. The summed E-state index contributed by atoms with van der Waals surface area (Å²) in [6.45, 7) is 6.12. The van der Waals surface area contributed by atoms with Crippen LogP contribution < -0.4 is 16.0 Å². The predicted octanol–water partition coefficient (Wildman–Crippen LogP) is 2.45. The number of benzene rings is 1. The molecular weight excluding hydrogens is 238 g/mol. The second-order valence-corrected chi connectivity index (χ2v) is 6.17. The lowest BCUT2D eigenvalue weighted by atomic mass is 9.85. The smallest absolute Gasteiger partial charge is 0.225 e. The van der Waals surface area contributed by atoms with E-state index in [1.165, 1.54) is 0 Å². The van der Waals surface area contributed by atoms with E-state index in [9.17, 15) is 4.79 Å². The van der Waals surface area contributed by atoms with E-state index in [0.717, 1.165) is 11.4 Å². The fraction of sp³-hybridized carbons (Fsp3) is 0.533. The molecule has 0 aliphatic carbocycles. The number of nitrogens with one attached hydrogen (secondary N) is 1. The molecule has 0 aliphatic rings. The van der Waals surface area contributed by atoms with Crippen LogP contribution in [0.4, 0.5) is 11.4 Å². The number of nitrogens with two attached hydrogens (primary N) is 1. The van der Waals surface area contributed by atoms with Crippen LogP contribution in [0, 0.1) is 5.41 Å². The summed E-state index contributed by atoms with van der Waals surface area (Å²) in [7, 11) is 3.96. The zero-order valence-corrected chi connectivity index (χ0v) is 12.5. The summed E-state index contributed by atoms with van der Waals surface area (Å²) in [4.78, 5) is 13.9. The van der Waals surface area contributed by atoms with Gasteiger partial charge < -0.3 is 16.0 Å². The average Bonchev–Trinajstić information content (AvgIpc) is 2.28. The van der Waals surface area contributed by atoms with Gasteiger partial charge in [-0.3, -0.25) is 4.79 Å². The highest BCUT2D eigenvalue weighted by atomic mass is 16.1. The van der Waals surface area contributed by atoms with Gasteiger partial charge in [0.2, 0.25) is 5.91 Å². The van der Waals surface area contributed by atoms with Gasteiger partial charge in [-0.05, 0) is 29.7 Å². The Morgan fingerprint density at radius 2 is 1.79 bits per heavy atom. The largest absolute Gasteiger partial charge is 0.378 e. The first-order chi connectivity index (χ1) is 8.70. The first-order valence-corrected chi connectivity index (χ1v) is 6.53. The zero-order valence-electron chi connectivity index (χ0n) is 12.5. The molecule has 106 valence electrons. The number of amides is 1. The molecule has 1 aromatic rings. The predicted molar refractivity (Wildman–Crippen MR) is 81.4 cm³/mol. The molecule has 0 saturated heterocycles. The Bertz CT molecular complexity index is 418. The number of anilines is 2. The number of rotatable bonds is 4. The van der Waals surface area contributed by atoms with Crippen LogP contribution in [0.5, 0.6) is 0 Å². The molecule has 0 heterocycles. The van der Waals surface area contributed by atoms with Crippen molar-refractivity contribution < 1.29 is 4.79 Å². The van der Waals surface area contributed by atoms with Gasteiger partial charge in [0.25, 0.3) is 0 Å². The minimum atomic E-state index is -0.145. The maximum Gasteiger partial charge on any atom is 0.225 e. The number of carbonyl (C=O) groups excluding carboxylic acids is 1. The van der Waals surface area contributed by atoms with Crippen LogP contribution >= 0.6 is 0 Å². The lowest BCUT2D eigenvalue weighted by molar-refractivity contribution is -0.117. The molecule has 0 spiro atoms. The molecule has 19 heavy (non-hydrogen) atoms. The summed E-state index contributed by atoms with van der Waals surface area (Å²) in [5.74, 6) is -0.0416. The molecule has 3 N–H and O–H groups in total. The molecule has 4 nitrogen and oxygen atoms in total. The molecule has 0 fully saturated rings. The highest BCUT2D eigenvalue weighted by molar-refractivity contribution is 5.91. The van der Waals surface area contributed by atoms with E-state index in [-0.39, 0.29) is 17.4 Å². The van der Waals surface area contributed by atoms with E-state index < -0.39 is 0 Å². The van der Waals surface area contributed by atoms with Crippen molar-refractivity contribution in [1.29, 1.82) is 0 Å². The molecule has 0 bridgehead atoms. The van der Waals surface area contributed by atoms with E-state index >= 15 is 0 Å². The average molecular weight is 263 g/mol. The Balaban J connectivity index is 2.58. The van der Waals surface area contributed by atoms with Gasteiger partial charge in [-0.25, -0.2) is 0 Å². The Morgan fingerprint density at radius 1 is 1.26 bits per heavy atom. The number of hydrogen-bond acceptors (Lipinski definition) is 3. The monoisotopic (exact) mass is 263 g/mol. The summed E-state index contributed by atoms with van der Waals surface area (Å²) < 4.78 is 0. The third-order valence-corrected chi connectivity index (χ3v) is 3.19. The van der Waals surface area contributed by atoms with E-state index in [1.54, 1.807) is 0 Å². The van der Waals surface area contributed by atoms with E-state index in [1.807, 2.05) is 64.0 Å². The SMILES string of the molecule is CN(C)c1ccc(NC(=O)CC(N)C(C)(C)C)cc1. The van der Waals surface area contributed by atoms with Crippen molar-refractivity contribution in [3.8, 4) is 0 Å². The van der Waals surface area contributed by atoms with Crippen molar-refractivity contribution in [2.24, 2.45) is 11.1 Å². The van der Waals surface area contributed by atoms with Crippen LogP contribution in [0.2, 0.25) is 0 Å². The second-order valence-electron chi connectivity index (χ2n) is 6.17. The van der Waals surface area contributed by atoms with Crippen LogP contribution in [0.1, 0.15) is 27.2 Å². The third-order valence-electron chi connectivity index (χ3n) is 3.19. The van der Waals surface area contributed by atoms with Crippen molar-refractivity contribution in [3.05, 3.63) is 24.3 Å². The lowest BCUT2D eigenvalue weighted by Gasteiger charge is -2.26. The molecule has 1 atom stereocenters. The summed E-state index contributed by atoms with van der Waals surface area (Å²) in [6, 6.07) is 7.60. The lowest BCUT2D eigenvalue weighted by Crippen LogP contribution is -2.38. The molecule has 0 aliphatic heterocycles. The van der Waals surface area contributed by atoms with Crippen molar-refractivity contribution in [1.82, 2.24) is 0 Å². The molecular formula is C15H25N3O. The van der Waals surface area contributed by atoms with Gasteiger partial charge in [-0.15, -0.1) is 0 Å². The van der Waals surface area contributed by atoms with Crippen LogP contribution in [0.15, 0.2) is 24.3 Å². The van der Waals surface area contributed by atoms with Gasteiger partial charge in [-0.1, -0.05) is 20.8 Å². The van der Waals surface area contributed by atoms with Crippen LogP contribution in [-0.4, -0.2) is 26.0 Å². The van der Waals surface area contributed by atoms with E-state index in [2.05, 4.69) is 5.32 Å². The Labute approximate surface area is 116 Å². The zero-order chi connectivity index (χ0) is 14.6. The van der Waals surface area contributed by atoms with Crippen LogP contribution in [0.25, 0.3) is 0 Å². The summed E-state index contributed by atoms with van der Waals surface area (Å²) in [6.07, 6.45) is 0.332. The number of hydrogen-bond donors (Lipinski definition) is 2. The molecule has 0 radical (unpaired) electrons. The van der Waals surface area contributed by atoms with Gasteiger partial charge in [0.15, 0.2) is 0 Å². The van der Waals surface area contributed by atoms with Gasteiger partial charge in [0, 0.05) is 37.9 Å². The normalized spacial score (nSPS) is 12.9. The summed E-state index contributed by atoms with van der Waals surface area (Å²) >= 11 is 0. The summed E-state index contributed by atoms with van der Waals surface area (Å²) in [5, 5.41) is 2.87. The van der Waals surface area contributed by atoms with Crippen molar-refractivity contribution in [2.75, 3.05) is 24.3 Å². The standard InChI is InChI=1S/C15H25N3O/c1-15(2,3)13(16)10-14(19)17-11-6-8-12(9-7-11)18(4)5/h6-9,13H,10,16H2,1-5H3,(H,17,19). The van der Waals surface area contributed by atoms with Gasteiger partial charge >= 0.3 is 0 Å². The Hall–Kier alpha value is -1.55. The first kappa shape index (κ1) is 15.5. The molecule has 1 unspecified atom stereocenters. The van der Waals surface area contributed by atoms with Gasteiger partial charge in [0.1, 0.15) is 0 Å². The van der Waals surface area contributed by atoms with Gasteiger partial charge in [-0.2, -0.15) is 0 Å². The quantitative estimate of drug-likeness (QED) is 0.877. The van der Waals surface area contributed by atoms with Crippen molar-refractivity contribution >= 4 is 17.3 Å². The van der Waals surface area contributed by atoms with Crippen LogP contribution in [0.3, 0.4) is 0 Å². The van der Waals surface area contributed by atoms with Crippen molar-refractivity contribution in [3.63, 3.8) is 0 Å². The summed E-state index contributed by atoms with van der Waals surface area (Å²) in [5.41, 5.74) is 7.84. The highest BCUT2D eigenvalue weighted by Crippen LogP contribution is 2.21. The third kappa shape index (κ3) is 4.91. The minimum absolute atomic E-state index is 0.0416. The minimum Gasteiger partial charge on any atom is -0.378 e. The molecule has 0 aromatic heterocycles. The molecule has 1 rings (SSSR count). The van der Waals surface area contributed by atoms with E-state index in [4.69, 9.17) is 5.73 Å². The maximum absolute atomic E-state index is 11.9. The fourth-order valence-electron chi connectivity index (χ4n) is 1.56. The molecule has 1 amide bonds. The molecule has 4 heteroatoms. The Kier molecular flexibility index (Phi) is 4.95. The number of carbonyl (C=O) groups is 1. The van der Waals surface area contributed by atoms with Crippen LogP contribution in [-0.2, 0) is 4.79 Å². The fourth-order valence-corrected chi connectivity index (χ4v) is 1.56. The Morgan fingerprint density at radius 3 is 2.21 bits per heavy atom. The topological polar surface area (TPSA) is 58.4 Å². The van der Waals surface area contributed by atoms with E-state index in [0.29, 0.717) is 6.42 Å². The number of nitrogens with zero attached hydrogens (tertiary/aromatic N) is 1. The maximum atomic E-state index is 11.9. The second kappa shape index (κ2) is 6.06. The highest BCUT2D eigenvalue weighted by Gasteiger charge is 2.23.